The van der Waals surface area contributed by atoms with E-state index in [4.69, 9.17) is 9.47 Å². The Labute approximate surface area is 159 Å². The molecule has 1 aromatic carbocycles. The van der Waals surface area contributed by atoms with E-state index >= 15 is 0 Å². The molecule has 0 bridgehead atoms. The van der Waals surface area contributed by atoms with E-state index in [1.54, 1.807) is 17.7 Å². The molecule has 0 unspecified atom stereocenters. The van der Waals surface area contributed by atoms with Crippen LogP contribution in [0.2, 0.25) is 0 Å². The molecule has 27 heavy (non-hydrogen) atoms. The number of ether oxygens (including phenoxy) is 2. The number of para-hydroxylation sites is 1. The van der Waals surface area contributed by atoms with Crippen LogP contribution >= 0.6 is 11.3 Å². The molecule has 2 aromatic heterocycles. The fraction of sp³-hybridized carbons (Fsp3) is 0.400. The number of nitrogens with zero attached hydrogens (tertiary/aromatic N) is 2. The number of fused-ring (bicyclic) bond motifs is 3. The minimum atomic E-state index is -0.497. The molecule has 0 N–H and O–H groups in total. The van der Waals surface area contributed by atoms with Gasteiger partial charge in [0, 0.05) is 43.1 Å². The van der Waals surface area contributed by atoms with Gasteiger partial charge in [-0.05, 0) is 12.1 Å². The number of amides is 1. The lowest BCUT2D eigenvalue weighted by Gasteiger charge is -2.37. The van der Waals surface area contributed by atoms with Gasteiger partial charge in [-0.25, -0.2) is 0 Å². The standard InChI is InChI=1S/C20H20N2O4S/c1-21-15-5-3-2-4-13(15)17-14(18(21)23)12-16(27-17)19(24)22-8-6-20(7-9-22)25-10-11-26-20/h2-5,12H,6-11H2,1H3. The summed E-state index contributed by atoms with van der Waals surface area (Å²) in [6.45, 7) is 2.46. The molecular formula is C20H20N2O4S. The molecule has 2 saturated heterocycles. The summed E-state index contributed by atoms with van der Waals surface area (Å²) >= 11 is 1.41. The average molecular weight is 384 g/mol. The van der Waals surface area contributed by atoms with Crippen LogP contribution in [0.15, 0.2) is 35.1 Å². The maximum absolute atomic E-state index is 13.1. The number of benzene rings is 1. The van der Waals surface area contributed by atoms with E-state index in [1.165, 1.54) is 11.3 Å². The summed E-state index contributed by atoms with van der Waals surface area (Å²) in [5.74, 6) is -0.515. The summed E-state index contributed by atoms with van der Waals surface area (Å²) in [5, 5.41) is 1.62. The first-order chi connectivity index (χ1) is 13.1. The summed E-state index contributed by atoms with van der Waals surface area (Å²) in [7, 11) is 1.77. The monoisotopic (exact) mass is 384 g/mol. The number of rotatable bonds is 1. The number of pyridine rings is 1. The van der Waals surface area contributed by atoms with Gasteiger partial charge >= 0.3 is 0 Å². The fourth-order valence-electron chi connectivity index (χ4n) is 4.10. The zero-order valence-corrected chi connectivity index (χ0v) is 15.9. The predicted octanol–water partition coefficient (Wildman–Crippen LogP) is 2.73. The van der Waals surface area contributed by atoms with Crippen molar-refractivity contribution in [2.75, 3.05) is 26.3 Å². The highest BCUT2D eigenvalue weighted by atomic mass is 32.1. The van der Waals surface area contributed by atoms with Gasteiger partial charge in [0.15, 0.2) is 5.79 Å². The first-order valence-corrected chi connectivity index (χ1v) is 9.98. The predicted molar refractivity (Wildman–Crippen MR) is 104 cm³/mol. The van der Waals surface area contributed by atoms with Crippen molar-refractivity contribution < 1.29 is 14.3 Å². The van der Waals surface area contributed by atoms with Gasteiger partial charge in [0.25, 0.3) is 11.5 Å². The van der Waals surface area contributed by atoms with Crippen molar-refractivity contribution in [1.82, 2.24) is 9.47 Å². The maximum atomic E-state index is 13.1. The zero-order valence-electron chi connectivity index (χ0n) is 15.1. The smallest absolute Gasteiger partial charge is 0.263 e. The Morgan fingerprint density at radius 1 is 1.11 bits per heavy atom. The Kier molecular flexibility index (Phi) is 3.86. The van der Waals surface area contributed by atoms with Crippen molar-refractivity contribution in [3.8, 4) is 0 Å². The van der Waals surface area contributed by atoms with Crippen molar-refractivity contribution in [2.45, 2.75) is 18.6 Å². The Morgan fingerprint density at radius 3 is 2.56 bits per heavy atom. The number of carbonyl (C=O) groups excluding carboxylic acids is 1. The summed E-state index contributed by atoms with van der Waals surface area (Å²) in [4.78, 5) is 28.2. The molecule has 2 fully saturated rings. The van der Waals surface area contributed by atoms with Crippen molar-refractivity contribution in [2.24, 2.45) is 7.05 Å². The second-order valence-corrected chi connectivity index (χ2v) is 8.19. The molecule has 3 aromatic rings. The van der Waals surface area contributed by atoms with E-state index in [0.717, 1.165) is 15.6 Å². The number of aryl methyl sites for hydroxylation is 1. The number of hydrogen-bond acceptors (Lipinski definition) is 5. The van der Waals surface area contributed by atoms with E-state index in [9.17, 15) is 9.59 Å². The molecule has 0 aliphatic carbocycles. The van der Waals surface area contributed by atoms with Crippen LogP contribution in [0.3, 0.4) is 0 Å². The first-order valence-electron chi connectivity index (χ1n) is 9.16. The molecule has 0 atom stereocenters. The highest BCUT2D eigenvalue weighted by molar-refractivity contribution is 7.21. The van der Waals surface area contributed by atoms with Gasteiger partial charge in [0.05, 0.1) is 29.0 Å². The summed E-state index contributed by atoms with van der Waals surface area (Å²) in [6, 6.07) is 9.57. The van der Waals surface area contributed by atoms with Crippen molar-refractivity contribution in [1.29, 1.82) is 0 Å². The lowest BCUT2D eigenvalue weighted by molar-refractivity contribution is -0.181. The third-order valence-electron chi connectivity index (χ3n) is 5.61. The SMILES string of the molecule is Cn1c(=O)c2cc(C(=O)N3CCC4(CC3)OCCO4)sc2c2ccccc21. The lowest BCUT2D eigenvalue weighted by Crippen LogP contribution is -2.47. The van der Waals surface area contributed by atoms with E-state index in [2.05, 4.69) is 0 Å². The summed E-state index contributed by atoms with van der Waals surface area (Å²) in [5.41, 5.74) is 0.815. The lowest BCUT2D eigenvalue weighted by atomic mass is 10.0. The number of likely N-dealkylation sites (tertiary alicyclic amines) is 1. The highest BCUT2D eigenvalue weighted by Crippen LogP contribution is 2.34. The number of piperidine rings is 1. The number of aromatic nitrogens is 1. The van der Waals surface area contributed by atoms with Gasteiger partial charge < -0.3 is 18.9 Å². The van der Waals surface area contributed by atoms with Gasteiger partial charge in [-0.15, -0.1) is 11.3 Å². The second kappa shape index (κ2) is 6.15. The third kappa shape index (κ3) is 2.61. The van der Waals surface area contributed by atoms with Crippen LogP contribution in [0.1, 0.15) is 22.5 Å². The molecule has 6 nitrogen and oxygen atoms in total. The van der Waals surface area contributed by atoms with E-state index in [1.807, 2.05) is 29.2 Å². The minimum absolute atomic E-state index is 0.0184. The van der Waals surface area contributed by atoms with Crippen molar-refractivity contribution in [3.05, 3.63) is 45.6 Å². The number of carbonyl (C=O) groups is 1. The Morgan fingerprint density at radius 2 is 1.81 bits per heavy atom. The summed E-state index contributed by atoms with van der Waals surface area (Å²) < 4.78 is 14.0. The Bertz CT molecular complexity index is 1100. The number of hydrogen-bond donors (Lipinski definition) is 0. The van der Waals surface area contributed by atoms with Crippen molar-refractivity contribution in [3.63, 3.8) is 0 Å². The molecule has 5 rings (SSSR count). The molecule has 7 heteroatoms. The van der Waals surface area contributed by atoms with Gasteiger partial charge in [-0.1, -0.05) is 18.2 Å². The fourth-order valence-corrected chi connectivity index (χ4v) is 5.25. The van der Waals surface area contributed by atoms with Crippen LogP contribution in [0.4, 0.5) is 0 Å². The van der Waals surface area contributed by atoms with Crippen LogP contribution in [0.5, 0.6) is 0 Å². The molecule has 4 heterocycles. The minimum Gasteiger partial charge on any atom is -0.347 e. The Hall–Kier alpha value is -2.22. The van der Waals surface area contributed by atoms with Gasteiger partial charge in [-0.3, -0.25) is 9.59 Å². The molecule has 2 aliphatic rings. The van der Waals surface area contributed by atoms with Crippen LogP contribution in [0.25, 0.3) is 21.0 Å². The average Bonchev–Trinajstić information content (AvgIpc) is 3.34. The third-order valence-corrected chi connectivity index (χ3v) is 6.77. The maximum Gasteiger partial charge on any atom is 0.263 e. The molecular weight excluding hydrogens is 364 g/mol. The van der Waals surface area contributed by atoms with E-state index < -0.39 is 5.79 Å². The van der Waals surface area contributed by atoms with E-state index in [0.29, 0.717) is 49.4 Å². The van der Waals surface area contributed by atoms with Gasteiger partial charge in [-0.2, -0.15) is 0 Å². The van der Waals surface area contributed by atoms with E-state index in [-0.39, 0.29) is 11.5 Å². The quantitative estimate of drug-likeness (QED) is 0.647. The van der Waals surface area contributed by atoms with Crippen LogP contribution in [0, 0.1) is 0 Å². The topological polar surface area (TPSA) is 60.8 Å². The molecule has 0 saturated carbocycles. The second-order valence-electron chi connectivity index (χ2n) is 7.13. The first kappa shape index (κ1) is 16.9. The largest absolute Gasteiger partial charge is 0.347 e. The molecule has 0 radical (unpaired) electrons. The van der Waals surface area contributed by atoms with Crippen molar-refractivity contribution >= 4 is 38.2 Å². The summed E-state index contributed by atoms with van der Waals surface area (Å²) in [6.07, 6.45) is 1.38. The van der Waals surface area contributed by atoms with Crippen LogP contribution < -0.4 is 5.56 Å². The van der Waals surface area contributed by atoms with Crippen LogP contribution in [-0.2, 0) is 16.5 Å². The zero-order chi connectivity index (χ0) is 18.6. The number of thiophene rings is 1. The molecule has 2 aliphatic heterocycles. The molecule has 1 spiro atoms. The van der Waals surface area contributed by atoms with Crippen LogP contribution in [-0.4, -0.2) is 47.5 Å². The molecule has 1 amide bonds. The molecule has 140 valence electrons. The Balaban J connectivity index is 1.50. The highest BCUT2D eigenvalue weighted by Gasteiger charge is 2.41. The van der Waals surface area contributed by atoms with Gasteiger partial charge in [0.2, 0.25) is 0 Å². The normalized spacial score (nSPS) is 19.4. The van der Waals surface area contributed by atoms with Gasteiger partial charge in [0.1, 0.15) is 0 Å².